The van der Waals surface area contributed by atoms with Crippen LogP contribution in [0, 0.1) is 0 Å². The molecule has 0 aromatic heterocycles. The van der Waals surface area contributed by atoms with E-state index in [0.29, 0.717) is 6.42 Å². The Hall–Kier alpha value is -1.25. The van der Waals surface area contributed by atoms with Crippen LogP contribution in [-0.4, -0.2) is 54.3 Å². The predicted molar refractivity (Wildman–Crippen MR) is 141 cm³/mol. The summed E-state index contributed by atoms with van der Waals surface area (Å²) in [6.07, 6.45) is 17.7. The van der Waals surface area contributed by atoms with Crippen molar-refractivity contribution in [1.82, 2.24) is 5.32 Å². The molecule has 0 spiro atoms. The lowest BCUT2D eigenvalue weighted by atomic mass is 10.1. The first-order valence-corrected chi connectivity index (χ1v) is 15.2. The van der Waals surface area contributed by atoms with Crippen molar-refractivity contribution in [1.29, 1.82) is 0 Å². The topological polar surface area (TPSA) is 131 Å². The zero-order chi connectivity index (χ0) is 26.9. The van der Waals surface area contributed by atoms with Gasteiger partial charge < -0.3 is 20.1 Å². The van der Waals surface area contributed by atoms with E-state index in [-0.39, 0.29) is 32.1 Å². The number of nitrogens with one attached hydrogen (secondary N) is 1. The second kappa shape index (κ2) is 24.1. The largest absolute Gasteiger partial charge is 0.472 e. The second-order valence-corrected chi connectivity index (χ2v) is 10.5. The van der Waals surface area contributed by atoms with Crippen LogP contribution >= 0.6 is 7.82 Å². The van der Waals surface area contributed by atoms with Crippen LogP contribution in [0.25, 0.3) is 0 Å². The molecule has 0 aliphatic rings. The van der Waals surface area contributed by atoms with E-state index in [9.17, 15) is 24.2 Å². The summed E-state index contributed by atoms with van der Waals surface area (Å²) in [5.74, 6) is -0.548. The Bertz CT molecular complexity index is 629. The number of allylic oxidation sites excluding steroid dienone is 2. The fourth-order valence-corrected chi connectivity index (χ4v) is 4.06. The lowest BCUT2D eigenvalue weighted by Crippen LogP contribution is -2.27. The van der Waals surface area contributed by atoms with Gasteiger partial charge in [0.15, 0.2) is 0 Å². The highest BCUT2D eigenvalue weighted by Gasteiger charge is 2.23. The molecular weight excluding hydrogens is 485 g/mol. The molecule has 2 atom stereocenters. The van der Waals surface area contributed by atoms with Crippen LogP contribution in [-0.2, 0) is 27.9 Å². The van der Waals surface area contributed by atoms with Crippen molar-refractivity contribution in [2.24, 2.45) is 0 Å². The maximum absolute atomic E-state index is 11.8. The van der Waals surface area contributed by atoms with Crippen molar-refractivity contribution >= 4 is 19.7 Å². The van der Waals surface area contributed by atoms with E-state index < -0.39 is 26.5 Å². The standard InChI is InChI=1S/C26H50NO8P/c1-3-5-7-9-10-11-12-13-14-15-17-19-26(30)33-22-24(28)23-35-36(31,32)34-21-20-27-25(29)18-16-8-6-4-2/h9-10,24,28H,3-8,11-23H2,1-2H3,(H,27,29)(H,31,32)/b10-9-. The Balaban J connectivity index is 3.70. The Morgan fingerprint density at radius 3 is 2.17 bits per heavy atom. The number of carbonyl (C=O) groups excluding carboxylic acids is 2. The second-order valence-electron chi connectivity index (χ2n) is 9.02. The van der Waals surface area contributed by atoms with E-state index in [1.165, 1.54) is 12.8 Å². The summed E-state index contributed by atoms with van der Waals surface area (Å²) in [6.45, 7) is 3.33. The Morgan fingerprint density at radius 2 is 1.44 bits per heavy atom. The van der Waals surface area contributed by atoms with Crippen LogP contribution in [0.4, 0.5) is 0 Å². The van der Waals surface area contributed by atoms with Crippen LogP contribution in [0.3, 0.4) is 0 Å². The van der Waals surface area contributed by atoms with E-state index in [1.807, 2.05) is 0 Å². The number of hydrogen-bond donors (Lipinski definition) is 3. The first-order chi connectivity index (χ1) is 17.3. The quantitative estimate of drug-likeness (QED) is 0.0597. The van der Waals surface area contributed by atoms with Crippen LogP contribution in [0.1, 0.15) is 110 Å². The van der Waals surface area contributed by atoms with Gasteiger partial charge >= 0.3 is 13.8 Å². The molecule has 9 nitrogen and oxygen atoms in total. The summed E-state index contributed by atoms with van der Waals surface area (Å²) >= 11 is 0. The Kier molecular flexibility index (Phi) is 23.3. The summed E-state index contributed by atoms with van der Waals surface area (Å²) in [6, 6.07) is 0. The molecule has 36 heavy (non-hydrogen) atoms. The monoisotopic (exact) mass is 535 g/mol. The minimum Gasteiger partial charge on any atom is -0.463 e. The maximum atomic E-state index is 11.8. The number of aliphatic hydroxyl groups is 1. The Labute approximate surface area is 218 Å². The molecule has 0 saturated carbocycles. The number of carbonyl (C=O) groups is 2. The van der Waals surface area contributed by atoms with E-state index in [1.54, 1.807) is 0 Å². The van der Waals surface area contributed by atoms with Gasteiger partial charge in [-0.3, -0.25) is 18.6 Å². The number of aliphatic hydroxyl groups excluding tert-OH is 1. The third kappa shape index (κ3) is 24.4. The van der Waals surface area contributed by atoms with Gasteiger partial charge in [0.25, 0.3) is 0 Å². The van der Waals surface area contributed by atoms with Gasteiger partial charge in [-0.2, -0.15) is 0 Å². The van der Waals surface area contributed by atoms with Crippen molar-refractivity contribution in [3.63, 3.8) is 0 Å². The minimum atomic E-state index is -4.38. The number of esters is 1. The van der Waals surface area contributed by atoms with Gasteiger partial charge in [-0.05, 0) is 32.1 Å². The molecule has 0 rings (SSSR count). The molecule has 0 aromatic carbocycles. The SMILES string of the molecule is CCCC/C=C\CCCCCCCC(=O)OCC(O)COP(=O)(O)OCCNC(=O)CCCCCC. The summed E-state index contributed by atoms with van der Waals surface area (Å²) in [5, 5.41) is 12.4. The molecular formula is C26H50NO8P. The molecule has 0 aromatic rings. The predicted octanol–water partition coefficient (Wildman–Crippen LogP) is 5.59. The van der Waals surface area contributed by atoms with Gasteiger partial charge in [0, 0.05) is 19.4 Å². The molecule has 10 heteroatoms. The first-order valence-electron chi connectivity index (χ1n) is 13.7. The third-order valence-electron chi connectivity index (χ3n) is 5.45. The fraction of sp³-hybridized carbons (Fsp3) is 0.846. The molecule has 0 bridgehead atoms. The number of ether oxygens (including phenoxy) is 1. The number of amides is 1. The van der Waals surface area contributed by atoms with Gasteiger partial charge in [0.05, 0.1) is 13.2 Å². The van der Waals surface area contributed by atoms with Crippen LogP contribution in [0.15, 0.2) is 12.2 Å². The average molecular weight is 536 g/mol. The number of rotatable bonds is 25. The maximum Gasteiger partial charge on any atom is 0.472 e. The first kappa shape index (κ1) is 34.8. The smallest absolute Gasteiger partial charge is 0.463 e. The molecule has 0 radical (unpaired) electrons. The van der Waals surface area contributed by atoms with Crippen molar-refractivity contribution in [2.75, 3.05) is 26.4 Å². The van der Waals surface area contributed by atoms with E-state index in [0.717, 1.165) is 70.6 Å². The fourth-order valence-electron chi connectivity index (χ4n) is 3.30. The lowest BCUT2D eigenvalue weighted by molar-refractivity contribution is -0.147. The highest BCUT2D eigenvalue weighted by molar-refractivity contribution is 7.47. The molecule has 0 aliphatic heterocycles. The van der Waals surface area contributed by atoms with Gasteiger partial charge in [-0.1, -0.05) is 77.4 Å². The number of phosphoric ester groups is 1. The van der Waals surface area contributed by atoms with Gasteiger partial charge in [-0.25, -0.2) is 4.57 Å². The molecule has 0 heterocycles. The van der Waals surface area contributed by atoms with Crippen molar-refractivity contribution < 1.29 is 37.9 Å². The van der Waals surface area contributed by atoms with Crippen LogP contribution < -0.4 is 5.32 Å². The van der Waals surface area contributed by atoms with Crippen LogP contribution in [0.2, 0.25) is 0 Å². The molecule has 212 valence electrons. The van der Waals surface area contributed by atoms with Crippen molar-refractivity contribution in [3.05, 3.63) is 12.2 Å². The Morgan fingerprint density at radius 1 is 0.833 bits per heavy atom. The van der Waals surface area contributed by atoms with Gasteiger partial charge in [0.2, 0.25) is 5.91 Å². The van der Waals surface area contributed by atoms with Crippen molar-refractivity contribution in [3.8, 4) is 0 Å². The van der Waals surface area contributed by atoms with Crippen molar-refractivity contribution in [2.45, 2.75) is 116 Å². The zero-order valence-corrected chi connectivity index (χ0v) is 23.4. The highest BCUT2D eigenvalue weighted by Crippen LogP contribution is 2.42. The summed E-state index contributed by atoms with van der Waals surface area (Å²) in [7, 11) is -4.38. The number of unbranched alkanes of at least 4 members (excludes halogenated alkanes) is 10. The summed E-state index contributed by atoms with van der Waals surface area (Å²) in [4.78, 5) is 33.1. The molecule has 1 amide bonds. The normalized spacial score (nSPS) is 14.0. The zero-order valence-electron chi connectivity index (χ0n) is 22.5. The molecule has 0 aliphatic carbocycles. The number of hydrogen-bond acceptors (Lipinski definition) is 7. The third-order valence-corrected chi connectivity index (χ3v) is 6.43. The lowest BCUT2D eigenvalue weighted by Gasteiger charge is -2.15. The number of phosphoric acid groups is 1. The van der Waals surface area contributed by atoms with E-state index >= 15 is 0 Å². The van der Waals surface area contributed by atoms with Gasteiger partial charge in [0.1, 0.15) is 12.7 Å². The minimum absolute atomic E-state index is 0.0801. The summed E-state index contributed by atoms with van der Waals surface area (Å²) < 4.78 is 26.3. The van der Waals surface area contributed by atoms with Crippen LogP contribution in [0.5, 0.6) is 0 Å². The molecule has 0 fully saturated rings. The van der Waals surface area contributed by atoms with E-state index in [4.69, 9.17) is 13.8 Å². The average Bonchev–Trinajstić information content (AvgIpc) is 2.85. The molecule has 2 unspecified atom stereocenters. The highest BCUT2D eigenvalue weighted by atomic mass is 31.2. The molecule has 3 N–H and O–H groups in total. The molecule has 0 saturated heterocycles. The van der Waals surface area contributed by atoms with Gasteiger partial charge in [-0.15, -0.1) is 0 Å². The summed E-state index contributed by atoms with van der Waals surface area (Å²) in [5.41, 5.74) is 0. The van der Waals surface area contributed by atoms with E-state index in [2.05, 4.69) is 31.3 Å².